The van der Waals surface area contributed by atoms with Crippen molar-refractivity contribution in [2.75, 3.05) is 6.61 Å². The van der Waals surface area contributed by atoms with Gasteiger partial charge in [-0.15, -0.1) is 5.10 Å². The topological polar surface area (TPSA) is 85.7 Å². The molecule has 2 aromatic heterocycles. The summed E-state index contributed by atoms with van der Waals surface area (Å²) in [6.45, 7) is 3.25. The van der Waals surface area contributed by atoms with Crippen molar-refractivity contribution in [3.05, 3.63) is 46.5 Å². The van der Waals surface area contributed by atoms with E-state index in [9.17, 15) is 4.79 Å². The molecule has 7 heteroatoms. The summed E-state index contributed by atoms with van der Waals surface area (Å²) in [6, 6.07) is 9.07. The van der Waals surface area contributed by atoms with E-state index >= 15 is 0 Å². The van der Waals surface area contributed by atoms with Gasteiger partial charge in [0.15, 0.2) is 5.82 Å². The van der Waals surface area contributed by atoms with Gasteiger partial charge in [0, 0.05) is 24.4 Å². The summed E-state index contributed by atoms with van der Waals surface area (Å²) in [5.41, 5.74) is 0.614. The second-order valence-corrected chi connectivity index (χ2v) is 4.91. The molecule has 0 aliphatic carbocycles. The van der Waals surface area contributed by atoms with E-state index in [-0.39, 0.29) is 5.56 Å². The van der Waals surface area contributed by atoms with Gasteiger partial charge in [-0.05, 0) is 35.9 Å². The lowest BCUT2D eigenvalue weighted by Crippen LogP contribution is -2.09. The molecule has 3 aromatic rings. The Hall–Kier alpha value is -2.70. The number of nitrogens with one attached hydrogen (secondary N) is 1. The standard InChI is InChI=1S/C15H17N5O2/c1-2-20-14(17-18-19-20)8-5-9-22-13-10-15(21)16-12-7-4-3-6-11(12)13/h3-4,6-7,10H,2,5,8-9H2,1H3,(H,16,21). The first-order valence-electron chi connectivity index (χ1n) is 7.28. The zero-order valence-corrected chi connectivity index (χ0v) is 12.3. The Morgan fingerprint density at radius 3 is 3.05 bits per heavy atom. The summed E-state index contributed by atoms with van der Waals surface area (Å²) in [6.07, 6.45) is 1.52. The van der Waals surface area contributed by atoms with Crippen LogP contribution in [0.1, 0.15) is 19.2 Å². The number of H-pyrrole nitrogens is 1. The van der Waals surface area contributed by atoms with Crippen molar-refractivity contribution < 1.29 is 4.74 Å². The van der Waals surface area contributed by atoms with Crippen LogP contribution in [0.5, 0.6) is 5.75 Å². The number of hydrogen-bond donors (Lipinski definition) is 1. The number of fused-ring (bicyclic) bond motifs is 1. The first-order valence-corrected chi connectivity index (χ1v) is 7.28. The zero-order valence-electron chi connectivity index (χ0n) is 12.3. The molecule has 0 aliphatic rings. The summed E-state index contributed by atoms with van der Waals surface area (Å²) in [5, 5.41) is 12.4. The Morgan fingerprint density at radius 1 is 1.32 bits per heavy atom. The Balaban J connectivity index is 1.66. The fraction of sp³-hybridized carbons (Fsp3) is 0.333. The fourth-order valence-corrected chi connectivity index (χ4v) is 2.35. The first kappa shape index (κ1) is 14.2. The Bertz CT molecular complexity index is 824. The molecular formula is C15H17N5O2. The minimum absolute atomic E-state index is 0.163. The predicted molar refractivity (Wildman–Crippen MR) is 81.9 cm³/mol. The third-order valence-electron chi connectivity index (χ3n) is 3.42. The van der Waals surface area contributed by atoms with E-state index in [1.807, 2.05) is 31.2 Å². The molecule has 0 unspecified atom stereocenters. The maximum atomic E-state index is 11.6. The lowest BCUT2D eigenvalue weighted by molar-refractivity contribution is 0.312. The van der Waals surface area contributed by atoms with E-state index in [2.05, 4.69) is 20.5 Å². The van der Waals surface area contributed by atoms with Crippen LogP contribution in [0.4, 0.5) is 0 Å². The third kappa shape index (κ3) is 2.98. The SMILES string of the molecule is CCn1nnnc1CCCOc1cc(=O)[nH]c2ccccc12. The van der Waals surface area contributed by atoms with Crippen LogP contribution < -0.4 is 10.3 Å². The molecule has 0 spiro atoms. The van der Waals surface area contributed by atoms with Gasteiger partial charge in [0.05, 0.1) is 12.1 Å². The monoisotopic (exact) mass is 299 g/mol. The summed E-state index contributed by atoms with van der Waals surface area (Å²) >= 11 is 0. The number of nitrogens with zero attached hydrogens (tertiary/aromatic N) is 4. The van der Waals surface area contributed by atoms with Gasteiger partial charge in [-0.2, -0.15) is 0 Å². The number of rotatable bonds is 6. The predicted octanol–water partition coefficient (Wildman–Crippen LogP) is 1.55. The first-order chi connectivity index (χ1) is 10.8. The van der Waals surface area contributed by atoms with Crippen molar-refractivity contribution in [3.63, 3.8) is 0 Å². The van der Waals surface area contributed by atoms with E-state index in [4.69, 9.17) is 4.74 Å². The molecule has 0 atom stereocenters. The van der Waals surface area contributed by atoms with Crippen LogP contribution in [0.15, 0.2) is 35.1 Å². The Kier molecular flexibility index (Phi) is 4.13. The molecule has 0 amide bonds. The summed E-state index contributed by atoms with van der Waals surface area (Å²) < 4.78 is 7.54. The number of hydrogen-bond acceptors (Lipinski definition) is 5. The molecule has 7 nitrogen and oxygen atoms in total. The number of aromatic nitrogens is 5. The van der Waals surface area contributed by atoms with Crippen molar-refractivity contribution in [2.45, 2.75) is 26.3 Å². The molecule has 2 heterocycles. The van der Waals surface area contributed by atoms with Gasteiger partial charge >= 0.3 is 0 Å². The molecule has 22 heavy (non-hydrogen) atoms. The van der Waals surface area contributed by atoms with E-state index in [1.54, 1.807) is 4.68 Å². The Labute approximate surface area is 126 Å². The van der Waals surface area contributed by atoms with Gasteiger partial charge in [-0.1, -0.05) is 12.1 Å². The molecule has 1 N–H and O–H groups in total. The molecule has 0 bridgehead atoms. The van der Waals surface area contributed by atoms with Crippen LogP contribution in [0.2, 0.25) is 0 Å². The second-order valence-electron chi connectivity index (χ2n) is 4.91. The third-order valence-corrected chi connectivity index (χ3v) is 3.42. The maximum Gasteiger partial charge on any atom is 0.252 e. The summed E-state index contributed by atoms with van der Waals surface area (Å²) in [4.78, 5) is 14.4. The number of aryl methyl sites for hydroxylation is 2. The minimum Gasteiger partial charge on any atom is -0.493 e. The smallest absolute Gasteiger partial charge is 0.252 e. The largest absolute Gasteiger partial charge is 0.493 e. The van der Waals surface area contributed by atoms with Gasteiger partial charge in [0.2, 0.25) is 0 Å². The fourth-order valence-electron chi connectivity index (χ4n) is 2.35. The van der Waals surface area contributed by atoms with Crippen LogP contribution >= 0.6 is 0 Å². The molecular weight excluding hydrogens is 282 g/mol. The summed E-state index contributed by atoms with van der Waals surface area (Å²) in [7, 11) is 0. The average molecular weight is 299 g/mol. The van der Waals surface area contributed by atoms with Crippen molar-refractivity contribution in [3.8, 4) is 5.75 Å². The van der Waals surface area contributed by atoms with Crippen LogP contribution in [-0.2, 0) is 13.0 Å². The van der Waals surface area contributed by atoms with Crippen molar-refractivity contribution in [1.82, 2.24) is 25.2 Å². The number of para-hydroxylation sites is 1. The van der Waals surface area contributed by atoms with Gasteiger partial charge in [0.1, 0.15) is 5.75 Å². The van der Waals surface area contributed by atoms with E-state index in [1.165, 1.54) is 6.07 Å². The highest BCUT2D eigenvalue weighted by Gasteiger charge is 2.06. The van der Waals surface area contributed by atoms with Gasteiger partial charge in [0.25, 0.3) is 5.56 Å². The number of ether oxygens (including phenoxy) is 1. The molecule has 1 aromatic carbocycles. The summed E-state index contributed by atoms with van der Waals surface area (Å²) in [5.74, 6) is 1.45. The lowest BCUT2D eigenvalue weighted by atomic mass is 10.2. The molecule has 0 saturated heterocycles. The van der Waals surface area contributed by atoms with Crippen molar-refractivity contribution >= 4 is 10.9 Å². The maximum absolute atomic E-state index is 11.6. The molecule has 0 aliphatic heterocycles. The van der Waals surface area contributed by atoms with Crippen LogP contribution in [-0.4, -0.2) is 31.8 Å². The highest BCUT2D eigenvalue weighted by Crippen LogP contribution is 2.21. The normalized spacial score (nSPS) is 11.0. The van der Waals surface area contributed by atoms with E-state index in [0.29, 0.717) is 12.4 Å². The van der Waals surface area contributed by atoms with Crippen LogP contribution in [0.3, 0.4) is 0 Å². The van der Waals surface area contributed by atoms with E-state index in [0.717, 1.165) is 36.1 Å². The van der Waals surface area contributed by atoms with Gasteiger partial charge in [-0.3, -0.25) is 4.79 Å². The number of tetrazole rings is 1. The van der Waals surface area contributed by atoms with Gasteiger partial charge < -0.3 is 9.72 Å². The number of benzene rings is 1. The lowest BCUT2D eigenvalue weighted by Gasteiger charge is -2.08. The van der Waals surface area contributed by atoms with Crippen molar-refractivity contribution in [1.29, 1.82) is 0 Å². The molecule has 0 saturated carbocycles. The quantitative estimate of drug-likeness (QED) is 0.698. The highest BCUT2D eigenvalue weighted by atomic mass is 16.5. The number of aromatic amines is 1. The molecule has 114 valence electrons. The highest BCUT2D eigenvalue weighted by molar-refractivity contribution is 5.84. The van der Waals surface area contributed by atoms with E-state index < -0.39 is 0 Å². The second kappa shape index (κ2) is 6.38. The average Bonchev–Trinajstić information content (AvgIpc) is 2.98. The van der Waals surface area contributed by atoms with Crippen LogP contribution in [0, 0.1) is 0 Å². The van der Waals surface area contributed by atoms with Crippen LogP contribution in [0.25, 0.3) is 10.9 Å². The molecule has 0 fully saturated rings. The molecule has 0 radical (unpaired) electrons. The zero-order chi connectivity index (χ0) is 15.4. The van der Waals surface area contributed by atoms with Gasteiger partial charge in [-0.25, -0.2) is 4.68 Å². The minimum atomic E-state index is -0.163. The molecule has 3 rings (SSSR count). The number of pyridine rings is 1. The van der Waals surface area contributed by atoms with Crippen molar-refractivity contribution in [2.24, 2.45) is 0 Å². The Morgan fingerprint density at radius 2 is 2.18 bits per heavy atom.